The van der Waals surface area contributed by atoms with E-state index < -0.39 is 0 Å². The van der Waals surface area contributed by atoms with Gasteiger partial charge in [-0.3, -0.25) is 0 Å². The van der Waals surface area contributed by atoms with Gasteiger partial charge in [0, 0.05) is 17.3 Å². The fourth-order valence-corrected chi connectivity index (χ4v) is 1.59. The lowest BCUT2D eigenvalue weighted by Gasteiger charge is -2.24. The Balaban J connectivity index is 2.53. The van der Waals surface area contributed by atoms with E-state index in [1.165, 1.54) is 16.5 Å². The van der Waals surface area contributed by atoms with Crippen LogP contribution in [0.25, 0.3) is 10.9 Å². The van der Waals surface area contributed by atoms with Gasteiger partial charge in [-0.2, -0.15) is 0 Å². The van der Waals surface area contributed by atoms with E-state index in [9.17, 15) is 0 Å². The molecule has 0 atom stereocenters. The van der Waals surface area contributed by atoms with Crippen LogP contribution in [0.15, 0.2) is 30.5 Å². The molecule has 0 saturated heterocycles. The molecule has 0 spiro atoms. The van der Waals surface area contributed by atoms with Crippen molar-refractivity contribution >= 4 is 10.9 Å². The van der Waals surface area contributed by atoms with E-state index in [2.05, 4.69) is 48.4 Å². The topological polar surface area (TPSA) is 27.8 Å². The average molecular weight is 188 g/mol. The standard InChI is InChI=1S/C12H16N2/c1-12(2,13-3)10-4-5-11-9(8-10)6-7-14-11/h4-8,13-14H,1-3H3. The Kier molecular flexibility index (Phi) is 2.08. The normalized spacial score (nSPS) is 12.2. The monoisotopic (exact) mass is 188 g/mol. The molecule has 1 heterocycles. The number of fused-ring (bicyclic) bond motifs is 1. The molecule has 0 saturated carbocycles. The van der Waals surface area contributed by atoms with Crippen LogP contribution in [0.5, 0.6) is 0 Å². The van der Waals surface area contributed by atoms with Gasteiger partial charge in [0.25, 0.3) is 0 Å². The number of rotatable bonds is 2. The Morgan fingerprint density at radius 1 is 1.21 bits per heavy atom. The lowest BCUT2D eigenvalue weighted by molar-refractivity contribution is 0.445. The van der Waals surface area contributed by atoms with E-state index in [4.69, 9.17) is 0 Å². The summed E-state index contributed by atoms with van der Waals surface area (Å²) < 4.78 is 0. The van der Waals surface area contributed by atoms with Gasteiger partial charge in [-0.1, -0.05) is 6.07 Å². The quantitative estimate of drug-likeness (QED) is 0.745. The molecule has 74 valence electrons. The number of aromatic amines is 1. The number of aromatic nitrogens is 1. The van der Waals surface area contributed by atoms with E-state index >= 15 is 0 Å². The maximum absolute atomic E-state index is 3.30. The number of benzene rings is 1. The zero-order valence-corrected chi connectivity index (χ0v) is 8.89. The van der Waals surface area contributed by atoms with E-state index in [0.29, 0.717) is 0 Å². The van der Waals surface area contributed by atoms with Crippen LogP contribution in [-0.2, 0) is 5.54 Å². The first-order chi connectivity index (χ1) is 6.63. The summed E-state index contributed by atoms with van der Waals surface area (Å²) in [6, 6.07) is 8.62. The molecular weight excluding hydrogens is 172 g/mol. The second-order valence-electron chi connectivity index (χ2n) is 4.15. The predicted octanol–water partition coefficient (Wildman–Crippen LogP) is 2.62. The first-order valence-electron chi connectivity index (χ1n) is 4.90. The average Bonchev–Trinajstić information content (AvgIpc) is 2.64. The lowest BCUT2D eigenvalue weighted by atomic mass is 9.94. The van der Waals surface area contributed by atoms with Crippen LogP contribution in [0.2, 0.25) is 0 Å². The number of H-pyrrole nitrogens is 1. The van der Waals surface area contributed by atoms with Gasteiger partial charge in [-0.15, -0.1) is 0 Å². The largest absolute Gasteiger partial charge is 0.361 e. The smallest absolute Gasteiger partial charge is 0.0454 e. The molecule has 0 bridgehead atoms. The number of hydrogen-bond acceptors (Lipinski definition) is 1. The van der Waals surface area contributed by atoms with E-state index in [1.807, 2.05) is 13.2 Å². The van der Waals surface area contributed by atoms with Crippen LogP contribution in [0.1, 0.15) is 19.4 Å². The summed E-state index contributed by atoms with van der Waals surface area (Å²) in [7, 11) is 1.99. The summed E-state index contributed by atoms with van der Waals surface area (Å²) in [6.07, 6.45) is 1.97. The molecule has 14 heavy (non-hydrogen) atoms. The van der Waals surface area contributed by atoms with Crippen molar-refractivity contribution in [3.8, 4) is 0 Å². The molecule has 0 aliphatic carbocycles. The lowest BCUT2D eigenvalue weighted by Crippen LogP contribution is -2.32. The highest BCUT2D eigenvalue weighted by Gasteiger charge is 2.17. The molecule has 0 fully saturated rings. The van der Waals surface area contributed by atoms with Crippen molar-refractivity contribution in [2.24, 2.45) is 0 Å². The summed E-state index contributed by atoms with van der Waals surface area (Å²) in [6.45, 7) is 4.36. The van der Waals surface area contributed by atoms with Crippen LogP contribution in [0, 0.1) is 0 Å². The fraction of sp³-hybridized carbons (Fsp3) is 0.333. The van der Waals surface area contributed by atoms with E-state index in [-0.39, 0.29) is 5.54 Å². The van der Waals surface area contributed by atoms with Gasteiger partial charge in [0.1, 0.15) is 0 Å². The minimum absolute atomic E-state index is 0.0332. The molecular formula is C12H16N2. The Hall–Kier alpha value is -1.28. The molecule has 2 heteroatoms. The molecule has 2 aromatic rings. The SMILES string of the molecule is CNC(C)(C)c1ccc2[nH]ccc2c1. The molecule has 0 amide bonds. The predicted molar refractivity (Wildman–Crippen MR) is 60.4 cm³/mol. The molecule has 2 rings (SSSR count). The molecule has 2 nitrogen and oxygen atoms in total. The third kappa shape index (κ3) is 1.42. The van der Waals surface area contributed by atoms with Gasteiger partial charge in [-0.25, -0.2) is 0 Å². The zero-order chi connectivity index (χ0) is 10.2. The van der Waals surface area contributed by atoms with E-state index in [0.717, 1.165) is 0 Å². The van der Waals surface area contributed by atoms with Crippen molar-refractivity contribution in [2.45, 2.75) is 19.4 Å². The van der Waals surface area contributed by atoms with Crippen molar-refractivity contribution < 1.29 is 0 Å². The summed E-state index contributed by atoms with van der Waals surface area (Å²) in [5.41, 5.74) is 2.54. The van der Waals surface area contributed by atoms with Gasteiger partial charge >= 0.3 is 0 Å². The van der Waals surface area contributed by atoms with Crippen molar-refractivity contribution in [3.63, 3.8) is 0 Å². The summed E-state index contributed by atoms with van der Waals surface area (Å²) in [4.78, 5) is 3.20. The van der Waals surface area contributed by atoms with Crippen molar-refractivity contribution in [1.82, 2.24) is 10.3 Å². The highest BCUT2D eigenvalue weighted by Crippen LogP contribution is 2.23. The Labute approximate surface area is 84.3 Å². The minimum Gasteiger partial charge on any atom is -0.361 e. The number of hydrogen-bond donors (Lipinski definition) is 2. The summed E-state index contributed by atoms with van der Waals surface area (Å²) in [5.74, 6) is 0. The molecule has 0 radical (unpaired) electrons. The summed E-state index contributed by atoms with van der Waals surface area (Å²) >= 11 is 0. The second kappa shape index (κ2) is 3.14. The van der Waals surface area contributed by atoms with Gasteiger partial charge in [0.05, 0.1) is 0 Å². The maximum Gasteiger partial charge on any atom is 0.0454 e. The highest BCUT2D eigenvalue weighted by molar-refractivity contribution is 5.80. The fourth-order valence-electron chi connectivity index (χ4n) is 1.59. The maximum atomic E-state index is 3.30. The van der Waals surface area contributed by atoms with Crippen LogP contribution in [0.4, 0.5) is 0 Å². The van der Waals surface area contributed by atoms with Gasteiger partial charge in [0.15, 0.2) is 0 Å². The zero-order valence-electron chi connectivity index (χ0n) is 8.89. The second-order valence-corrected chi connectivity index (χ2v) is 4.15. The molecule has 1 aromatic carbocycles. The minimum atomic E-state index is 0.0332. The third-order valence-corrected chi connectivity index (χ3v) is 2.90. The van der Waals surface area contributed by atoms with Crippen molar-refractivity contribution in [1.29, 1.82) is 0 Å². The molecule has 0 aliphatic heterocycles. The molecule has 2 N–H and O–H groups in total. The van der Waals surface area contributed by atoms with Crippen LogP contribution in [0.3, 0.4) is 0 Å². The first kappa shape index (κ1) is 9.28. The molecule has 0 unspecified atom stereocenters. The molecule has 1 aromatic heterocycles. The van der Waals surface area contributed by atoms with E-state index in [1.54, 1.807) is 0 Å². The van der Waals surface area contributed by atoms with Gasteiger partial charge < -0.3 is 10.3 Å². The highest BCUT2D eigenvalue weighted by atomic mass is 14.9. The molecule has 0 aliphatic rings. The van der Waals surface area contributed by atoms with Crippen LogP contribution >= 0.6 is 0 Å². The Morgan fingerprint density at radius 2 is 2.00 bits per heavy atom. The van der Waals surface area contributed by atoms with Crippen LogP contribution < -0.4 is 5.32 Å². The van der Waals surface area contributed by atoms with Crippen molar-refractivity contribution in [3.05, 3.63) is 36.0 Å². The van der Waals surface area contributed by atoms with Crippen LogP contribution in [-0.4, -0.2) is 12.0 Å². The van der Waals surface area contributed by atoms with Gasteiger partial charge in [-0.05, 0) is 50.0 Å². The summed E-state index contributed by atoms with van der Waals surface area (Å²) in [5, 5.41) is 4.57. The van der Waals surface area contributed by atoms with Gasteiger partial charge in [0.2, 0.25) is 0 Å². The Bertz CT molecular complexity index is 440. The number of nitrogens with one attached hydrogen (secondary N) is 2. The first-order valence-corrected chi connectivity index (χ1v) is 4.90. The Morgan fingerprint density at radius 3 is 2.71 bits per heavy atom. The van der Waals surface area contributed by atoms with Crippen molar-refractivity contribution in [2.75, 3.05) is 7.05 Å². The third-order valence-electron chi connectivity index (χ3n) is 2.90.